The predicted octanol–water partition coefficient (Wildman–Crippen LogP) is 2.02. The highest BCUT2D eigenvalue weighted by atomic mass is 127. The molecule has 138 valence electrons. The first kappa shape index (κ1) is 18.8. The van der Waals surface area contributed by atoms with E-state index >= 15 is 0 Å². The maximum atomic E-state index is 11.9. The van der Waals surface area contributed by atoms with Crippen molar-refractivity contribution in [3.05, 3.63) is 56.9 Å². The molecule has 0 radical (unpaired) electrons. The molecule has 2 heterocycles. The molecule has 1 aromatic heterocycles. The molecule has 0 atom stereocenters. The minimum Gasteiger partial charge on any atom is -0.493 e. The fraction of sp³-hybridized carbons (Fsp3) is 0.111. The van der Waals surface area contributed by atoms with Crippen LogP contribution in [0.2, 0.25) is 0 Å². The molecule has 27 heavy (non-hydrogen) atoms. The number of halogens is 1. The molecule has 0 aliphatic carbocycles. The van der Waals surface area contributed by atoms with Crippen molar-refractivity contribution in [2.45, 2.75) is 6.61 Å². The smallest absolute Gasteiger partial charge is 0.328 e. The maximum Gasteiger partial charge on any atom is 0.328 e. The van der Waals surface area contributed by atoms with Crippen LogP contribution < -0.4 is 20.1 Å². The zero-order valence-electron chi connectivity index (χ0n) is 14.1. The van der Waals surface area contributed by atoms with E-state index in [1.807, 2.05) is 28.8 Å². The van der Waals surface area contributed by atoms with Crippen molar-refractivity contribution in [2.24, 2.45) is 0 Å². The summed E-state index contributed by atoms with van der Waals surface area (Å²) >= 11 is 2.08. The lowest BCUT2D eigenvalue weighted by Gasteiger charge is -2.15. The van der Waals surface area contributed by atoms with Crippen LogP contribution in [0.3, 0.4) is 0 Å². The second-order valence-corrected chi connectivity index (χ2v) is 6.60. The molecule has 1 aromatic carbocycles. The Labute approximate surface area is 168 Å². The van der Waals surface area contributed by atoms with Crippen LogP contribution in [0.25, 0.3) is 6.08 Å². The number of benzene rings is 1. The number of urea groups is 1. The Kier molecular flexibility index (Phi) is 5.69. The number of barbiturate groups is 1. The summed E-state index contributed by atoms with van der Waals surface area (Å²) in [5, 5.41) is 4.06. The van der Waals surface area contributed by atoms with Crippen LogP contribution in [-0.2, 0) is 16.2 Å². The summed E-state index contributed by atoms with van der Waals surface area (Å²) < 4.78 is 11.9. The number of methoxy groups -OCH3 is 1. The van der Waals surface area contributed by atoms with Gasteiger partial charge < -0.3 is 9.47 Å². The van der Waals surface area contributed by atoms with Crippen LogP contribution in [0.15, 0.2) is 42.1 Å². The average Bonchev–Trinajstić information content (AvgIpc) is 2.64. The summed E-state index contributed by atoms with van der Waals surface area (Å²) in [4.78, 5) is 39.1. The summed E-state index contributed by atoms with van der Waals surface area (Å²) in [6, 6.07) is 8.07. The fourth-order valence-corrected chi connectivity index (χ4v) is 3.15. The quantitative estimate of drug-likeness (QED) is 0.386. The summed E-state index contributed by atoms with van der Waals surface area (Å²) in [5.41, 5.74) is 1.15. The van der Waals surface area contributed by atoms with Crippen LogP contribution in [0.5, 0.6) is 11.5 Å². The summed E-state index contributed by atoms with van der Waals surface area (Å²) in [7, 11) is 1.49. The number of rotatable bonds is 5. The van der Waals surface area contributed by atoms with E-state index in [-0.39, 0.29) is 12.2 Å². The van der Waals surface area contributed by atoms with Gasteiger partial charge in [-0.2, -0.15) is 0 Å². The predicted molar refractivity (Wildman–Crippen MR) is 104 cm³/mol. The molecule has 0 bridgehead atoms. The van der Waals surface area contributed by atoms with Gasteiger partial charge in [-0.3, -0.25) is 25.2 Å². The van der Waals surface area contributed by atoms with Crippen molar-refractivity contribution in [1.29, 1.82) is 0 Å². The Morgan fingerprint density at radius 3 is 2.52 bits per heavy atom. The molecular formula is C18H14IN3O5. The Bertz CT molecular complexity index is 922. The van der Waals surface area contributed by atoms with Crippen LogP contribution >= 0.6 is 22.6 Å². The third kappa shape index (κ3) is 4.42. The first-order valence-corrected chi connectivity index (χ1v) is 8.84. The van der Waals surface area contributed by atoms with E-state index in [4.69, 9.17) is 9.47 Å². The number of amides is 4. The average molecular weight is 479 g/mol. The summed E-state index contributed by atoms with van der Waals surface area (Å²) in [5.74, 6) is -0.544. The van der Waals surface area contributed by atoms with Crippen molar-refractivity contribution in [3.8, 4) is 11.5 Å². The normalized spacial score (nSPS) is 13.7. The third-order valence-electron chi connectivity index (χ3n) is 3.60. The lowest BCUT2D eigenvalue weighted by atomic mass is 10.1. The number of nitrogens with one attached hydrogen (secondary N) is 2. The number of carbonyl (C=O) groups excluding carboxylic acids is 3. The minimum absolute atomic E-state index is 0.172. The van der Waals surface area contributed by atoms with Crippen molar-refractivity contribution < 1.29 is 23.9 Å². The lowest BCUT2D eigenvalue weighted by molar-refractivity contribution is -0.123. The van der Waals surface area contributed by atoms with Gasteiger partial charge in [0.25, 0.3) is 11.8 Å². The van der Waals surface area contributed by atoms with Gasteiger partial charge in [0.2, 0.25) is 0 Å². The van der Waals surface area contributed by atoms with Crippen molar-refractivity contribution in [1.82, 2.24) is 15.6 Å². The number of hydrogen-bond donors (Lipinski definition) is 2. The molecule has 3 rings (SSSR count). The van der Waals surface area contributed by atoms with E-state index < -0.39 is 17.8 Å². The number of nitrogens with zero attached hydrogens (tertiary/aromatic N) is 1. The van der Waals surface area contributed by atoms with Gasteiger partial charge in [0.1, 0.15) is 12.2 Å². The number of carbonyl (C=O) groups is 3. The van der Waals surface area contributed by atoms with Crippen molar-refractivity contribution >= 4 is 46.5 Å². The Hall–Kier alpha value is -2.95. The van der Waals surface area contributed by atoms with Gasteiger partial charge in [-0.15, -0.1) is 0 Å². The second kappa shape index (κ2) is 8.16. The van der Waals surface area contributed by atoms with Crippen molar-refractivity contribution in [2.75, 3.05) is 7.11 Å². The van der Waals surface area contributed by atoms with E-state index in [9.17, 15) is 14.4 Å². The lowest BCUT2D eigenvalue weighted by Crippen LogP contribution is -2.51. The van der Waals surface area contributed by atoms with Gasteiger partial charge in [0.15, 0.2) is 11.5 Å². The van der Waals surface area contributed by atoms with E-state index in [0.29, 0.717) is 17.1 Å². The molecule has 0 spiro atoms. The van der Waals surface area contributed by atoms with Crippen molar-refractivity contribution in [3.63, 3.8) is 0 Å². The largest absolute Gasteiger partial charge is 0.493 e. The number of hydrogen-bond acceptors (Lipinski definition) is 6. The highest BCUT2D eigenvalue weighted by Gasteiger charge is 2.27. The Morgan fingerprint density at radius 2 is 1.89 bits per heavy atom. The number of imide groups is 2. The monoisotopic (exact) mass is 479 g/mol. The molecule has 1 saturated heterocycles. The Balaban J connectivity index is 1.87. The molecule has 1 fully saturated rings. The standard InChI is InChI=1S/C18H14IN3O5/c1-26-14-8-10(6-12-16(23)21-18(25)22-17(12)24)7-13(19)15(14)27-9-11-4-2-3-5-20-11/h2-8H,9H2,1H3,(H2,21,22,23,24,25). The highest BCUT2D eigenvalue weighted by molar-refractivity contribution is 14.1. The van der Waals surface area contributed by atoms with Gasteiger partial charge >= 0.3 is 6.03 Å². The zero-order valence-corrected chi connectivity index (χ0v) is 16.3. The second-order valence-electron chi connectivity index (χ2n) is 5.44. The van der Waals surface area contributed by atoms with E-state index in [2.05, 4.69) is 27.6 Å². The number of aromatic nitrogens is 1. The molecule has 0 unspecified atom stereocenters. The highest BCUT2D eigenvalue weighted by Crippen LogP contribution is 2.35. The van der Waals surface area contributed by atoms with Gasteiger partial charge in [0, 0.05) is 6.20 Å². The SMILES string of the molecule is COc1cc(C=C2C(=O)NC(=O)NC2=O)cc(I)c1OCc1ccccn1. The molecule has 1 aliphatic rings. The third-order valence-corrected chi connectivity index (χ3v) is 4.40. The molecular weight excluding hydrogens is 465 g/mol. The maximum absolute atomic E-state index is 11.9. The molecule has 2 aromatic rings. The summed E-state index contributed by atoms with van der Waals surface area (Å²) in [6.45, 7) is 0.264. The first-order chi connectivity index (χ1) is 13.0. The number of ether oxygens (including phenoxy) is 2. The fourth-order valence-electron chi connectivity index (χ4n) is 2.37. The van der Waals surface area contributed by atoms with Gasteiger partial charge in [-0.25, -0.2) is 4.79 Å². The first-order valence-electron chi connectivity index (χ1n) is 7.76. The van der Waals surface area contributed by atoms with Gasteiger partial charge in [0.05, 0.1) is 16.4 Å². The zero-order chi connectivity index (χ0) is 19.4. The Morgan fingerprint density at radius 1 is 1.15 bits per heavy atom. The van der Waals surface area contributed by atoms with Crippen LogP contribution in [-0.4, -0.2) is 29.9 Å². The number of pyridine rings is 1. The van der Waals surface area contributed by atoms with E-state index in [1.165, 1.54) is 13.2 Å². The molecule has 1 aliphatic heterocycles. The molecule has 8 nitrogen and oxygen atoms in total. The van der Waals surface area contributed by atoms with E-state index in [1.54, 1.807) is 18.3 Å². The van der Waals surface area contributed by atoms with Crippen LogP contribution in [0, 0.1) is 3.57 Å². The minimum atomic E-state index is -0.840. The van der Waals surface area contributed by atoms with Crippen LogP contribution in [0.4, 0.5) is 4.79 Å². The molecule has 0 saturated carbocycles. The van der Waals surface area contributed by atoms with Gasteiger partial charge in [-0.05, 0) is 58.5 Å². The molecule has 2 N–H and O–H groups in total. The van der Waals surface area contributed by atoms with Gasteiger partial charge in [-0.1, -0.05) is 6.07 Å². The molecule has 9 heteroatoms. The van der Waals surface area contributed by atoms with E-state index in [0.717, 1.165) is 9.26 Å². The van der Waals surface area contributed by atoms with Crippen LogP contribution in [0.1, 0.15) is 11.3 Å². The summed E-state index contributed by atoms with van der Waals surface area (Å²) in [6.07, 6.45) is 3.06. The topological polar surface area (TPSA) is 107 Å². The molecule has 4 amide bonds.